The molecule has 2 aromatic rings. The molecule has 3 rings (SSSR count). The van der Waals surface area contributed by atoms with Crippen LogP contribution in [-0.2, 0) is 0 Å². The van der Waals surface area contributed by atoms with E-state index in [-0.39, 0.29) is 11.9 Å². The number of nitrogens with zero attached hydrogens (tertiary/aromatic N) is 1. The largest absolute Gasteiger partial charge is 0.365 e. The number of aryl methyl sites for hydroxylation is 1. The van der Waals surface area contributed by atoms with Gasteiger partial charge >= 0.3 is 0 Å². The van der Waals surface area contributed by atoms with Crippen molar-refractivity contribution in [2.45, 2.75) is 38.6 Å². The van der Waals surface area contributed by atoms with Gasteiger partial charge in [-0.05, 0) is 44.5 Å². The van der Waals surface area contributed by atoms with Crippen LogP contribution in [0.3, 0.4) is 0 Å². The molecule has 4 nitrogen and oxygen atoms in total. The number of hydrogen-bond acceptors (Lipinski definition) is 2. The Bertz CT molecular complexity index is 642. The predicted octanol–water partition coefficient (Wildman–Crippen LogP) is 3.67. The van der Waals surface area contributed by atoms with Gasteiger partial charge < -0.3 is 10.3 Å². The zero-order valence-corrected chi connectivity index (χ0v) is 14.4. The first-order chi connectivity index (χ1) is 11.8. The zero-order chi connectivity index (χ0) is 16.8. The average molecular weight is 325 g/mol. The number of aromatic amines is 1. The summed E-state index contributed by atoms with van der Waals surface area (Å²) in [7, 11) is 0. The molecule has 1 aromatic heterocycles. The number of hydrogen-bond donors (Lipinski definition) is 2. The fraction of sp³-hybridized carbons (Fsp3) is 0.450. The van der Waals surface area contributed by atoms with Gasteiger partial charge in [-0.3, -0.25) is 9.69 Å². The lowest BCUT2D eigenvalue weighted by Gasteiger charge is -2.31. The highest BCUT2D eigenvalue weighted by atomic mass is 16.1. The van der Waals surface area contributed by atoms with Crippen molar-refractivity contribution < 1.29 is 4.79 Å². The van der Waals surface area contributed by atoms with Crippen LogP contribution in [0.5, 0.6) is 0 Å². The average Bonchev–Trinajstić information content (AvgIpc) is 2.86. The molecule has 128 valence electrons. The van der Waals surface area contributed by atoms with Gasteiger partial charge in [-0.25, -0.2) is 0 Å². The van der Waals surface area contributed by atoms with E-state index in [0.717, 1.165) is 24.3 Å². The first-order valence-corrected chi connectivity index (χ1v) is 8.97. The van der Waals surface area contributed by atoms with E-state index in [1.165, 1.54) is 31.2 Å². The Hall–Kier alpha value is -2.07. The summed E-state index contributed by atoms with van der Waals surface area (Å²) in [6.45, 7) is 4.79. The van der Waals surface area contributed by atoms with Gasteiger partial charge in [0.2, 0.25) is 0 Å². The number of nitrogens with one attached hydrogen (secondary N) is 2. The Labute approximate surface area is 144 Å². The summed E-state index contributed by atoms with van der Waals surface area (Å²) in [5.41, 5.74) is 2.93. The van der Waals surface area contributed by atoms with Crippen LogP contribution >= 0.6 is 0 Å². The second-order valence-electron chi connectivity index (χ2n) is 6.60. The van der Waals surface area contributed by atoms with Crippen LogP contribution in [0.15, 0.2) is 42.6 Å². The van der Waals surface area contributed by atoms with Crippen molar-refractivity contribution in [2.75, 3.05) is 19.6 Å². The molecule has 0 radical (unpaired) electrons. The number of amides is 1. The van der Waals surface area contributed by atoms with Crippen LogP contribution in [0, 0.1) is 6.92 Å². The monoisotopic (exact) mass is 325 g/mol. The Morgan fingerprint density at radius 2 is 1.83 bits per heavy atom. The molecule has 1 unspecified atom stereocenters. The molecule has 1 aromatic carbocycles. The lowest BCUT2D eigenvalue weighted by Crippen LogP contribution is -2.38. The summed E-state index contributed by atoms with van der Waals surface area (Å²) < 4.78 is 0. The minimum Gasteiger partial charge on any atom is -0.365 e. The lowest BCUT2D eigenvalue weighted by molar-refractivity contribution is 0.0933. The van der Waals surface area contributed by atoms with Gasteiger partial charge in [-0.2, -0.15) is 0 Å². The number of rotatable bonds is 5. The molecule has 0 bridgehead atoms. The Kier molecular flexibility index (Phi) is 5.70. The molecule has 24 heavy (non-hydrogen) atoms. The SMILES string of the molecule is Cc1[nH]ccc1C(=O)NCC(c1ccccc1)N1CCCCCC1. The minimum absolute atomic E-state index is 0.00417. The second kappa shape index (κ2) is 8.15. The van der Waals surface area contributed by atoms with Crippen LogP contribution in [0.4, 0.5) is 0 Å². The van der Waals surface area contributed by atoms with Crippen molar-refractivity contribution in [2.24, 2.45) is 0 Å². The van der Waals surface area contributed by atoms with Gasteiger partial charge in [-0.1, -0.05) is 43.2 Å². The fourth-order valence-electron chi connectivity index (χ4n) is 3.52. The Morgan fingerprint density at radius 3 is 2.46 bits per heavy atom. The number of aromatic nitrogens is 1. The first-order valence-electron chi connectivity index (χ1n) is 8.97. The standard InChI is InChI=1S/C20H27N3O/c1-16-18(11-12-21-16)20(24)22-15-19(17-9-5-4-6-10-17)23-13-7-2-3-8-14-23/h4-6,9-12,19,21H,2-3,7-8,13-15H2,1H3,(H,22,24). The number of benzene rings is 1. The maximum absolute atomic E-state index is 12.5. The van der Waals surface area contributed by atoms with Crippen molar-refractivity contribution >= 4 is 5.91 Å². The molecule has 0 spiro atoms. The number of carbonyl (C=O) groups is 1. The van der Waals surface area contributed by atoms with Crippen molar-refractivity contribution in [3.05, 3.63) is 59.4 Å². The molecule has 2 heterocycles. The molecule has 1 atom stereocenters. The van der Waals surface area contributed by atoms with E-state index in [9.17, 15) is 4.79 Å². The summed E-state index contributed by atoms with van der Waals surface area (Å²) in [4.78, 5) is 18.1. The first kappa shape index (κ1) is 16.8. The maximum Gasteiger partial charge on any atom is 0.253 e. The number of H-pyrrole nitrogens is 1. The molecular formula is C20H27N3O. The van der Waals surface area contributed by atoms with Crippen LogP contribution < -0.4 is 5.32 Å². The fourth-order valence-corrected chi connectivity index (χ4v) is 3.52. The molecule has 1 saturated heterocycles. The van der Waals surface area contributed by atoms with Crippen molar-refractivity contribution in [1.82, 2.24) is 15.2 Å². The molecular weight excluding hydrogens is 298 g/mol. The van der Waals surface area contributed by atoms with Crippen molar-refractivity contribution in [1.29, 1.82) is 0 Å². The molecule has 0 aliphatic carbocycles. The molecule has 0 saturated carbocycles. The zero-order valence-electron chi connectivity index (χ0n) is 14.4. The van der Waals surface area contributed by atoms with E-state index >= 15 is 0 Å². The van der Waals surface area contributed by atoms with E-state index in [0.29, 0.717) is 6.54 Å². The second-order valence-corrected chi connectivity index (χ2v) is 6.60. The molecule has 2 N–H and O–H groups in total. The third kappa shape index (κ3) is 4.06. The van der Waals surface area contributed by atoms with Crippen LogP contribution in [-0.4, -0.2) is 35.4 Å². The summed E-state index contributed by atoms with van der Waals surface area (Å²) in [6.07, 6.45) is 6.93. The van der Waals surface area contributed by atoms with Crippen molar-refractivity contribution in [3.63, 3.8) is 0 Å². The molecule has 1 aliphatic rings. The molecule has 1 fully saturated rings. The Balaban J connectivity index is 1.72. The highest BCUT2D eigenvalue weighted by Crippen LogP contribution is 2.23. The van der Waals surface area contributed by atoms with E-state index in [4.69, 9.17) is 0 Å². The third-order valence-corrected chi connectivity index (χ3v) is 4.92. The van der Waals surface area contributed by atoms with Gasteiger partial charge in [0.15, 0.2) is 0 Å². The summed E-state index contributed by atoms with van der Waals surface area (Å²) >= 11 is 0. The summed E-state index contributed by atoms with van der Waals surface area (Å²) in [5, 5.41) is 3.14. The minimum atomic E-state index is 0.00417. The van der Waals surface area contributed by atoms with Crippen LogP contribution in [0.1, 0.15) is 53.3 Å². The van der Waals surface area contributed by atoms with Gasteiger partial charge in [0, 0.05) is 18.4 Å². The predicted molar refractivity (Wildman–Crippen MR) is 97.1 cm³/mol. The highest BCUT2D eigenvalue weighted by Gasteiger charge is 2.22. The van der Waals surface area contributed by atoms with E-state index < -0.39 is 0 Å². The molecule has 1 amide bonds. The molecule has 1 aliphatic heterocycles. The number of likely N-dealkylation sites (tertiary alicyclic amines) is 1. The smallest absolute Gasteiger partial charge is 0.253 e. The highest BCUT2D eigenvalue weighted by molar-refractivity contribution is 5.95. The Morgan fingerprint density at radius 1 is 1.12 bits per heavy atom. The van der Waals surface area contributed by atoms with Crippen LogP contribution in [0.2, 0.25) is 0 Å². The van der Waals surface area contributed by atoms with Gasteiger partial charge in [-0.15, -0.1) is 0 Å². The van der Waals surface area contributed by atoms with Crippen molar-refractivity contribution in [3.8, 4) is 0 Å². The quantitative estimate of drug-likeness (QED) is 0.881. The maximum atomic E-state index is 12.5. The van der Waals surface area contributed by atoms with Gasteiger partial charge in [0.05, 0.1) is 11.6 Å². The van der Waals surface area contributed by atoms with E-state index in [2.05, 4.69) is 39.5 Å². The summed E-state index contributed by atoms with van der Waals surface area (Å²) in [6, 6.07) is 12.6. The van der Waals surface area contributed by atoms with Gasteiger partial charge in [0.25, 0.3) is 5.91 Å². The third-order valence-electron chi connectivity index (χ3n) is 4.92. The molecule has 4 heteroatoms. The number of carbonyl (C=O) groups excluding carboxylic acids is 1. The lowest BCUT2D eigenvalue weighted by atomic mass is 10.0. The van der Waals surface area contributed by atoms with Gasteiger partial charge in [0.1, 0.15) is 0 Å². The summed E-state index contributed by atoms with van der Waals surface area (Å²) in [5.74, 6) is 0.00417. The van der Waals surface area contributed by atoms with E-state index in [1.807, 2.05) is 25.3 Å². The van der Waals surface area contributed by atoms with E-state index in [1.54, 1.807) is 0 Å². The topological polar surface area (TPSA) is 48.1 Å². The normalized spacial score (nSPS) is 17.2. The van der Waals surface area contributed by atoms with Crippen LogP contribution in [0.25, 0.3) is 0 Å².